The summed E-state index contributed by atoms with van der Waals surface area (Å²) in [5.74, 6) is 1.20. The predicted octanol–water partition coefficient (Wildman–Crippen LogP) is 3.42. The molecule has 0 fully saturated rings. The standard InChI is InChI=1S/C14H14OS2/c15-17(10-12-5-2-1-3-6-12)11-13-7-4-8-14(16)9-13/h1-9,16H,10-11H2. The first-order valence-corrected chi connectivity index (χ1v) is 7.34. The molecule has 0 radical (unpaired) electrons. The van der Waals surface area contributed by atoms with E-state index in [0.717, 1.165) is 16.0 Å². The lowest BCUT2D eigenvalue weighted by molar-refractivity contribution is 0.593. The maximum Gasteiger partial charge on any atom is 0.131 e. The van der Waals surface area contributed by atoms with Crippen LogP contribution in [0.2, 0.25) is 0 Å². The van der Waals surface area contributed by atoms with Crippen molar-refractivity contribution in [3.8, 4) is 0 Å². The third-order valence-corrected chi connectivity index (χ3v) is 4.00. The Morgan fingerprint density at radius 2 is 1.53 bits per heavy atom. The Balaban J connectivity index is 1.96. The minimum Gasteiger partial charge on any atom is -0.616 e. The Kier molecular flexibility index (Phi) is 4.54. The van der Waals surface area contributed by atoms with E-state index < -0.39 is 11.2 Å². The summed E-state index contributed by atoms with van der Waals surface area (Å²) in [5.41, 5.74) is 2.19. The molecule has 2 rings (SSSR count). The Bertz CT molecular complexity index is 471. The highest BCUT2D eigenvalue weighted by Gasteiger charge is 2.08. The Morgan fingerprint density at radius 1 is 0.882 bits per heavy atom. The highest BCUT2D eigenvalue weighted by Crippen LogP contribution is 2.15. The lowest BCUT2D eigenvalue weighted by atomic mass is 10.2. The molecule has 0 N–H and O–H groups in total. The summed E-state index contributed by atoms with van der Waals surface area (Å²) in [7, 11) is 0. The summed E-state index contributed by atoms with van der Waals surface area (Å²) < 4.78 is 12.0. The monoisotopic (exact) mass is 262 g/mol. The van der Waals surface area contributed by atoms with E-state index in [1.807, 2.05) is 54.6 Å². The van der Waals surface area contributed by atoms with Crippen molar-refractivity contribution in [3.63, 3.8) is 0 Å². The molecule has 1 atom stereocenters. The molecule has 0 aliphatic rings. The van der Waals surface area contributed by atoms with Crippen molar-refractivity contribution in [3.05, 3.63) is 65.7 Å². The molecular formula is C14H14OS2. The van der Waals surface area contributed by atoms with Crippen LogP contribution < -0.4 is 0 Å². The number of hydrogen-bond acceptors (Lipinski definition) is 2. The van der Waals surface area contributed by atoms with Gasteiger partial charge in [0.1, 0.15) is 11.5 Å². The first-order valence-electron chi connectivity index (χ1n) is 5.41. The Hall–Kier alpha value is -0.900. The van der Waals surface area contributed by atoms with Crippen molar-refractivity contribution in [2.45, 2.75) is 16.4 Å². The van der Waals surface area contributed by atoms with Crippen molar-refractivity contribution < 1.29 is 4.55 Å². The minimum absolute atomic E-state index is 0.587. The van der Waals surface area contributed by atoms with Gasteiger partial charge in [-0.25, -0.2) is 0 Å². The van der Waals surface area contributed by atoms with E-state index in [1.165, 1.54) is 0 Å². The van der Waals surface area contributed by atoms with Crippen LogP contribution in [0.15, 0.2) is 59.5 Å². The van der Waals surface area contributed by atoms with Crippen LogP contribution in [-0.4, -0.2) is 4.55 Å². The highest BCUT2D eigenvalue weighted by atomic mass is 32.2. The topological polar surface area (TPSA) is 23.1 Å². The van der Waals surface area contributed by atoms with E-state index in [-0.39, 0.29) is 0 Å². The van der Waals surface area contributed by atoms with Crippen molar-refractivity contribution in [2.75, 3.05) is 0 Å². The van der Waals surface area contributed by atoms with Crippen LogP contribution >= 0.6 is 12.6 Å². The molecule has 0 bridgehead atoms. The summed E-state index contributed by atoms with van der Waals surface area (Å²) >= 11 is 3.41. The summed E-state index contributed by atoms with van der Waals surface area (Å²) in [6.07, 6.45) is 0. The SMILES string of the molecule is [O-][S+](Cc1ccccc1)Cc1cccc(S)c1. The summed E-state index contributed by atoms with van der Waals surface area (Å²) in [6.45, 7) is 0. The van der Waals surface area contributed by atoms with E-state index in [0.29, 0.717) is 11.5 Å². The average Bonchev–Trinajstić information content (AvgIpc) is 2.30. The second kappa shape index (κ2) is 6.15. The van der Waals surface area contributed by atoms with Gasteiger partial charge in [0.2, 0.25) is 0 Å². The second-order valence-corrected chi connectivity index (χ2v) is 5.86. The molecule has 0 spiro atoms. The summed E-state index contributed by atoms with van der Waals surface area (Å²) in [5, 5.41) is 0. The van der Waals surface area contributed by atoms with Gasteiger partial charge < -0.3 is 4.55 Å². The zero-order chi connectivity index (χ0) is 12.1. The van der Waals surface area contributed by atoms with Gasteiger partial charge in [-0.15, -0.1) is 12.6 Å². The van der Waals surface area contributed by atoms with Crippen LogP contribution in [0, 0.1) is 0 Å². The van der Waals surface area contributed by atoms with Crippen molar-refractivity contribution in [1.82, 2.24) is 0 Å². The normalized spacial score (nSPS) is 12.4. The van der Waals surface area contributed by atoms with Crippen LogP contribution in [0.3, 0.4) is 0 Å². The van der Waals surface area contributed by atoms with Gasteiger partial charge in [-0.3, -0.25) is 0 Å². The Labute approximate surface area is 110 Å². The molecule has 0 aliphatic carbocycles. The third-order valence-electron chi connectivity index (χ3n) is 2.41. The van der Waals surface area contributed by atoms with E-state index in [2.05, 4.69) is 12.6 Å². The van der Waals surface area contributed by atoms with Crippen LogP contribution in [0.25, 0.3) is 0 Å². The van der Waals surface area contributed by atoms with Gasteiger partial charge in [0.25, 0.3) is 0 Å². The lowest BCUT2D eigenvalue weighted by Crippen LogP contribution is -2.07. The molecule has 0 amide bonds. The smallest absolute Gasteiger partial charge is 0.131 e. The summed E-state index contributed by atoms with van der Waals surface area (Å²) in [6, 6.07) is 17.7. The van der Waals surface area contributed by atoms with Gasteiger partial charge in [-0.05, 0) is 23.3 Å². The maximum absolute atomic E-state index is 12.0. The van der Waals surface area contributed by atoms with Gasteiger partial charge in [0.15, 0.2) is 0 Å². The molecule has 0 aliphatic heterocycles. The van der Waals surface area contributed by atoms with Gasteiger partial charge in [0.05, 0.1) is 0 Å². The average molecular weight is 262 g/mol. The molecule has 0 saturated carbocycles. The first-order chi connectivity index (χ1) is 8.24. The first kappa shape index (κ1) is 12.6. The number of rotatable bonds is 4. The van der Waals surface area contributed by atoms with E-state index in [4.69, 9.17) is 0 Å². The van der Waals surface area contributed by atoms with Crippen molar-refractivity contribution in [2.24, 2.45) is 0 Å². The quantitative estimate of drug-likeness (QED) is 0.662. The number of benzene rings is 2. The lowest BCUT2D eigenvalue weighted by Gasteiger charge is -2.11. The fraction of sp³-hybridized carbons (Fsp3) is 0.143. The van der Waals surface area contributed by atoms with E-state index in [9.17, 15) is 4.55 Å². The molecule has 3 heteroatoms. The molecule has 1 nitrogen and oxygen atoms in total. The van der Waals surface area contributed by atoms with Crippen LogP contribution in [0.1, 0.15) is 11.1 Å². The van der Waals surface area contributed by atoms with Gasteiger partial charge >= 0.3 is 0 Å². The van der Waals surface area contributed by atoms with Crippen LogP contribution in [-0.2, 0) is 22.7 Å². The highest BCUT2D eigenvalue weighted by molar-refractivity contribution is 7.89. The molecular weight excluding hydrogens is 248 g/mol. The zero-order valence-corrected chi connectivity index (χ0v) is 11.1. The zero-order valence-electron chi connectivity index (χ0n) is 9.37. The molecule has 2 aromatic carbocycles. The maximum atomic E-state index is 12.0. The molecule has 0 aromatic heterocycles. The largest absolute Gasteiger partial charge is 0.616 e. The molecule has 88 valence electrons. The van der Waals surface area contributed by atoms with Crippen LogP contribution in [0.4, 0.5) is 0 Å². The Morgan fingerprint density at radius 3 is 2.24 bits per heavy atom. The number of thiol groups is 1. The molecule has 0 heterocycles. The molecule has 17 heavy (non-hydrogen) atoms. The van der Waals surface area contributed by atoms with Gasteiger partial charge in [0, 0.05) is 16.0 Å². The fourth-order valence-corrected chi connectivity index (χ4v) is 3.11. The summed E-state index contributed by atoms with van der Waals surface area (Å²) in [4.78, 5) is 0.916. The van der Waals surface area contributed by atoms with Crippen molar-refractivity contribution in [1.29, 1.82) is 0 Å². The van der Waals surface area contributed by atoms with E-state index >= 15 is 0 Å². The minimum atomic E-state index is -0.864. The van der Waals surface area contributed by atoms with E-state index in [1.54, 1.807) is 0 Å². The van der Waals surface area contributed by atoms with Crippen molar-refractivity contribution >= 4 is 23.8 Å². The second-order valence-electron chi connectivity index (χ2n) is 3.88. The predicted molar refractivity (Wildman–Crippen MR) is 75.7 cm³/mol. The third kappa shape index (κ3) is 4.11. The number of hydrogen-bond donors (Lipinski definition) is 1. The van der Waals surface area contributed by atoms with Gasteiger partial charge in [-0.2, -0.15) is 0 Å². The van der Waals surface area contributed by atoms with Gasteiger partial charge in [-0.1, -0.05) is 42.5 Å². The molecule has 1 unspecified atom stereocenters. The molecule has 0 saturated heterocycles. The molecule has 2 aromatic rings. The van der Waals surface area contributed by atoms with Crippen LogP contribution in [0.5, 0.6) is 0 Å². The fourth-order valence-electron chi connectivity index (χ4n) is 1.64.